The number of halogens is 2. The van der Waals surface area contributed by atoms with Gasteiger partial charge in [0.2, 0.25) is 0 Å². The molecule has 0 aliphatic heterocycles. The smallest absolute Gasteiger partial charge is 0.272 e. The second-order valence-electron chi connectivity index (χ2n) is 7.44. The first kappa shape index (κ1) is 25.0. The van der Waals surface area contributed by atoms with Crippen molar-refractivity contribution in [3.05, 3.63) is 125 Å². The standard InChI is InChI=1S/C26H20FN2O3P.ClH/c27-24-18-20(29(31)32)16-17-25(24)28-26(30)19-33(21-10-4-1-5-11-21,22-12-6-2-7-13-22)23-14-8-3-9-15-23;/h1-18H,19H2;1H. The minimum absolute atomic E-state index is 0. The fourth-order valence-electron chi connectivity index (χ4n) is 3.89. The predicted molar refractivity (Wildman–Crippen MR) is 132 cm³/mol. The van der Waals surface area contributed by atoms with Gasteiger partial charge in [-0.05, 0) is 42.5 Å². The summed E-state index contributed by atoms with van der Waals surface area (Å²) in [5, 5.41) is 16.6. The second-order valence-corrected chi connectivity index (χ2v) is 10.9. The van der Waals surface area contributed by atoms with Gasteiger partial charge >= 0.3 is 0 Å². The number of nitro benzene ring substituents is 1. The molecule has 1 N–H and O–H groups in total. The van der Waals surface area contributed by atoms with Crippen LogP contribution in [0.3, 0.4) is 0 Å². The van der Waals surface area contributed by atoms with E-state index in [1.165, 1.54) is 12.1 Å². The van der Waals surface area contributed by atoms with Crippen molar-refractivity contribution in [2.24, 2.45) is 0 Å². The molecule has 4 aromatic rings. The summed E-state index contributed by atoms with van der Waals surface area (Å²) in [6.07, 6.45) is 0.113. The molecule has 5 nitrogen and oxygen atoms in total. The number of rotatable bonds is 7. The number of nitrogens with one attached hydrogen (secondary N) is 1. The average molecular weight is 495 g/mol. The third kappa shape index (κ3) is 5.14. The molecule has 0 unspecified atom stereocenters. The number of nitro groups is 1. The Hall–Kier alpha value is -3.60. The first-order valence-corrected chi connectivity index (χ1v) is 12.3. The predicted octanol–water partition coefficient (Wildman–Crippen LogP) is 1.67. The molecule has 0 spiro atoms. The summed E-state index contributed by atoms with van der Waals surface area (Å²) in [4.78, 5) is 23.6. The van der Waals surface area contributed by atoms with Gasteiger partial charge in [-0.25, -0.2) is 4.39 Å². The molecule has 0 saturated heterocycles. The van der Waals surface area contributed by atoms with Crippen molar-refractivity contribution in [2.45, 2.75) is 0 Å². The Bertz CT molecular complexity index is 1180. The van der Waals surface area contributed by atoms with Crippen molar-refractivity contribution >= 4 is 40.5 Å². The minimum Gasteiger partial charge on any atom is -1.00 e. The molecule has 4 rings (SSSR count). The molecule has 34 heavy (non-hydrogen) atoms. The maximum atomic E-state index is 14.5. The summed E-state index contributed by atoms with van der Waals surface area (Å²) in [5.41, 5.74) is -0.455. The van der Waals surface area contributed by atoms with E-state index in [0.717, 1.165) is 22.0 Å². The lowest BCUT2D eigenvalue weighted by Crippen LogP contribution is -3.00. The van der Waals surface area contributed by atoms with Crippen LogP contribution >= 0.6 is 7.26 Å². The topological polar surface area (TPSA) is 72.2 Å². The number of non-ortho nitro benzene ring substituents is 1. The average Bonchev–Trinajstić information content (AvgIpc) is 2.85. The molecule has 0 aliphatic carbocycles. The van der Waals surface area contributed by atoms with Crippen LogP contribution in [0.4, 0.5) is 15.8 Å². The van der Waals surface area contributed by atoms with Crippen LogP contribution in [0.15, 0.2) is 109 Å². The highest BCUT2D eigenvalue weighted by atomic mass is 35.5. The third-order valence-electron chi connectivity index (χ3n) is 5.41. The molecule has 0 radical (unpaired) electrons. The van der Waals surface area contributed by atoms with Crippen LogP contribution in [-0.4, -0.2) is 17.0 Å². The minimum atomic E-state index is -2.43. The highest BCUT2D eigenvalue weighted by Crippen LogP contribution is 2.55. The Morgan fingerprint density at radius 1 is 0.794 bits per heavy atom. The molecule has 0 aliphatic rings. The van der Waals surface area contributed by atoms with Crippen molar-refractivity contribution in [3.63, 3.8) is 0 Å². The van der Waals surface area contributed by atoms with Gasteiger partial charge in [-0.2, -0.15) is 0 Å². The Kier molecular flexibility index (Phi) is 8.11. The van der Waals surface area contributed by atoms with Crippen LogP contribution in [0.2, 0.25) is 0 Å². The van der Waals surface area contributed by atoms with E-state index in [9.17, 15) is 19.3 Å². The van der Waals surface area contributed by atoms with Crippen molar-refractivity contribution in [2.75, 3.05) is 11.5 Å². The fourth-order valence-corrected chi connectivity index (χ4v) is 7.89. The molecule has 0 atom stereocenters. The summed E-state index contributed by atoms with van der Waals surface area (Å²) in [6, 6.07) is 32.8. The van der Waals surface area contributed by atoms with Crippen LogP contribution in [0, 0.1) is 15.9 Å². The van der Waals surface area contributed by atoms with Crippen LogP contribution in [-0.2, 0) is 4.79 Å². The monoisotopic (exact) mass is 494 g/mol. The molecule has 172 valence electrons. The Morgan fingerprint density at radius 3 is 1.62 bits per heavy atom. The Labute approximate surface area is 203 Å². The van der Waals surface area contributed by atoms with E-state index >= 15 is 0 Å². The van der Waals surface area contributed by atoms with Crippen molar-refractivity contribution < 1.29 is 26.5 Å². The molecular formula is C26H21ClFN2O3P. The lowest BCUT2D eigenvalue weighted by Gasteiger charge is -2.27. The summed E-state index contributed by atoms with van der Waals surface area (Å²) in [6.45, 7) is 0. The summed E-state index contributed by atoms with van der Waals surface area (Å²) in [5.74, 6) is -1.21. The van der Waals surface area contributed by atoms with Crippen molar-refractivity contribution in [1.29, 1.82) is 0 Å². The number of benzene rings is 4. The molecule has 1 amide bonds. The summed E-state index contributed by atoms with van der Waals surface area (Å²) >= 11 is 0. The van der Waals surface area contributed by atoms with E-state index in [2.05, 4.69) is 5.32 Å². The Morgan fingerprint density at radius 2 is 1.24 bits per heavy atom. The van der Waals surface area contributed by atoms with E-state index in [1.807, 2.05) is 91.0 Å². The normalized spacial score (nSPS) is 10.7. The molecule has 0 fully saturated rings. The van der Waals surface area contributed by atoms with Crippen LogP contribution in [0.1, 0.15) is 0 Å². The van der Waals surface area contributed by atoms with Crippen molar-refractivity contribution in [3.8, 4) is 0 Å². The maximum Gasteiger partial charge on any atom is 0.272 e. The molecule has 0 saturated carbocycles. The zero-order chi connectivity index (χ0) is 23.3. The van der Waals surface area contributed by atoms with Gasteiger partial charge in [0, 0.05) is 6.07 Å². The number of carbonyl (C=O) groups is 1. The highest BCUT2D eigenvalue weighted by Gasteiger charge is 2.47. The number of amides is 1. The van der Waals surface area contributed by atoms with E-state index < -0.39 is 18.0 Å². The van der Waals surface area contributed by atoms with Gasteiger partial charge in [0.15, 0.2) is 12.0 Å². The van der Waals surface area contributed by atoms with Gasteiger partial charge in [0.25, 0.3) is 11.6 Å². The van der Waals surface area contributed by atoms with Gasteiger partial charge in [0.1, 0.15) is 23.2 Å². The van der Waals surface area contributed by atoms with Gasteiger partial charge in [-0.1, -0.05) is 54.6 Å². The van der Waals surface area contributed by atoms with Crippen LogP contribution in [0.25, 0.3) is 0 Å². The van der Waals surface area contributed by atoms with E-state index in [-0.39, 0.29) is 35.9 Å². The third-order valence-corrected chi connectivity index (χ3v) is 9.71. The first-order valence-electron chi connectivity index (χ1n) is 10.3. The zero-order valence-electron chi connectivity index (χ0n) is 18.0. The first-order chi connectivity index (χ1) is 16.0. The largest absolute Gasteiger partial charge is 1.00 e. The molecule has 0 heterocycles. The van der Waals surface area contributed by atoms with Gasteiger partial charge in [0.05, 0.1) is 16.7 Å². The van der Waals surface area contributed by atoms with E-state index in [4.69, 9.17) is 0 Å². The van der Waals surface area contributed by atoms with E-state index in [1.54, 1.807) is 0 Å². The fraction of sp³-hybridized carbons (Fsp3) is 0.0385. The van der Waals surface area contributed by atoms with E-state index in [0.29, 0.717) is 0 Å². The number of hydrogen-bond acceptors (Lipinski definition) is 3. The molecule has 0 aromatic heterocycles. The SMILES string of the molecule is O=C(C[P+](c1ccccc1)(c1ccccc1)c1ccccc1)Nc1ccc([N+](=O)[O-])cc1F.[Cl-]. The molecular weight excluding hydrogens is 474 g/mol. The maximum absolute atomic E-state index is 14.5. The Balaban J connectivity index is 0.00000324. The zero-order valence-corrected chi connectivity index (χ0v) is 19.6. The molecule has 8 heteroatoms. The highest BCUT2D eigenvalue weighted by molar-refractivity contribution is 7.96. The van der Waals surface area contributed by atoms with Gasteiger partial charge < -0.3 is 17.7 Å². The number of hydrogen-bond donors (Lipinski definition) is 1. The molecule has 0 bridgehead atoms. The van der Waals surface area contributed by atoms with Crippen LogP contribution < -0.4 is 33.6 Å². The number of carbonyl (C=O) groups excluding carboxylic acids is 1. The van der Waals surface area contributed by atoms with Crippen molar-refractivity contribution in [1.82, 2.24) is 0 Å². The van der Waals surface area contributed by atoms with Gasteiger partial charge in [-0.15, -0.1) is 0 Å². The number of nitrogens with zero attached hydrogens (tertiary/aromatic N) is 1. The second kappa shape index (κ2) is 11.0. The lowest BCUT2D eigenvalue weighted by molar-refractivity contribution is -0.385. The molecule has 4 aromatic carbocycles. The summed E-state index contributed by atoms with van der Waals surface area (Å²) in [7, 11) is -2.43. The lowest BCUT2D eigenvalue weighted by atomic mass is 10.2. The number of anilines is 1. The van der Waals surface area contributed by atoms with Gasteiger partial charge in [-0.3, -0.25) is 14.9 Å². The van der Waals surface area contributed by atoms with Crippen LogP contribution in [0.5, 0.6) is 0 Å². The summed E-state index contributed by atoms with van der Waals surface area (Å²) < 4.78 is 14.5. The quantitative estimate of drug-likeness (QED) is 0.241.